The third-order valence-corrected chi connectivity index (χ3v) is 4.76. The Kier molecular flexibility index (Phi) is 16.8. The van der Waals surface area contributed by atoms with Crippen molar-refractivity contribution in [3.05, 3.63) is 0 Å². The second kappa shape index (κ2) is 17.8. The van der Waals surface area contributed by atoms with Crippen molar-refractivity contribution in [3.8, 4) is 0 Å². The molecular formula is C21H37NO5-2. The van der Waals surface area contributed by atoms with Crippen molar-refractivity contribution in [1.29, 1.82) is 0 Å². The first-order valence-electron chi connectivity index (χ1n) is 10.7. The SMILES string of the molecule is CCCCCCCCCCCCCCCC(=O)NC(CCC(=O)[O-])C(=O)[O-]. The van der Waals surface area contributed by atoms with Crippen molar-refractivity contribution >= 4 is 17.8 Å². The zero-order chi connectivity index (χ0) is 20.3. The smallest absolute Gasteiger partial charge is 0.220 e. The van der Waals surface area contributed by atoms with Gasteiger partial charge in [0.05, 0.1) is 12.0 Å². The van der Waals surface area contributed by atoms with Gasteiger partial charge in [0.15, 0.2) is 0 Å². The van der Waals surface area contributed by atoms with Crippen molar-refractivity contribution in [2.45, 2.75) is 116 Å². The van der Waals surface area contributed by atoms with Gasteiger partial charge < -0.3 is 25.1 Å². The fraction of sp³-hybridized carbons (Fsp3) is 0.857. The molecule has 27 heavy (non-hydrogen) atoms. The largest absolute Gasteiger partial charge is 0.550 e. The zero-order valence-electron chi connectivity index (χ0n) is 16.9. The molecule has 1 unspecified atom stereocenters. The number of amides is 1. The Balaban J connectivity index is 3.51. The standard InChI is InChI=1S/C21H39NO5/c1-2-3-4-5-6-7-8-9-10-11-12-13-14-15-19(23)22-18(21(26)27)16-17-20(24)25/h18H,2-17H2,1H3,(H,22,23)(H,24,25)(H,26,27)/p-2. The molecule has 0 aromatic carbocycles. The highest BCUT2D eigenvalue weighted by atomic mass is 16.4. The molecule has 0 spiro atoms. The van der Waals surface area contributed by atoms with Crippen LogP contribution in [0.2, 0.25) is 0 Å². The highest BCUT2D eigenvalue weighted by molar-refractivity contribution is 5.82. The molecule has 1 atom stereocenters. The van der Waals surface area contributed by atoms with Crippen LogP contribution in [-0.4, -0.2) is 23.9 Å². The Bertz CT molecular complexity index is 411. The number of carbonyl (C=O) groups is 3. The Morgan fingerprint density at radius 3 is 1.56 bits per heavy atom. The first-order valence-corrected chi connectivity index (χ1v) is 10.7. The molecule has 0 aliphatic heterocycles. The monoisotopic (exact) mass is 383 g/mol. The summed E-state index contributed by atoms with van der Waals surface area (Å²) >= 11 is 0. The number of rotatable bonds is 19. The van der Waals surface area contributed by atoms with E-state index in [0.29, 0.717) is 6.42 Å². The highest BCUT2D eigenvalue weighted by Gasteiger charge is 2.13. The average Bonchev–Trinajstić information content (AvgIpc) is 2.62. The minimum atomic E-state index is -1.46. The maximum Gasteiger partial charge on any atom is 0.220 e. The predicted octanol–water partition coefficient (Wildman–Crippen LogP) is 2.23. The lowest BCUT2D eigenvalue weighted by Crippen LogP contribution is -2.48. The van der Waals surface area contributed by atoms with Crippen molar-refractivity contribution in [2.75, 3.05) is 0 Å². The van der Waals surface area contributed by atoms with Gasteiger partial charge in [-0.1, -0.05) is 84.0 Å². The molecule has 0 bridgehead atoms. The number of aliphatic carboxylic acids is 2. The van der Waals surface area contributed by atoms with Crippen LogP contribution in [0, 0.1) is 0 Å². The van der Waals surface area contributed by atoms with Gasteiger partial charge in [-0.25, -0.2) is 0 Å². The Labute approximate surface area is 164 Å². The van der Waals surface area contributed by atoms with E-state index in [9.17, 15) is 24.6 Å². The quantitative estimate of drug-likeness (QED) is 0.344. The van der Waals surface area contributed by atoms with Crippen LogP contribution in [0.15, 0.2) is 0 Å². The number of carboxylic acid groups (broad SMARTS) is 2. The molecule has 0 aromatic heterocycles. The van der Waals surface area contributed by atoms with E-state index in [4.69, 9.17) is 0 Å². The predicted molar refractivity (Wildman–Crippen MR) is 101 cm³/mol. The first-order chi connectivity index (χ1) is 13.0. The van der Waals surface area contributed by atoms with Crippen LogP contribution < -0.4 is 15.5 Å². The number of hydrogen-bond acceptors (Lipinski definition) is 5. The van der Waals surface area contributed by atoms with Crippen molar-refractivity contribution in [1.82, 2.24) is 5.32 Å². The van der Waals surface area contributed by atoms with Gasteiger partial charge in [0.1, 0.15) is 0 Å². The third-order valence-electron chi connectivity index (χ3n) is 4.76. The molecule has 1 amide bonds. The van der Waals surface area contributed by atoms with Crippen molar-refractivity contribution < 1.29 is 24.6 Å². The average molecular weight is 384 g/mol. The van der Waals surface area contributed by atoms with Gasteiger partial charge in [-0.3, -0.25) is 4.79 Å². The van der Waals surface area contributed by atoms with Gasteiger partial charge in [-0.05, 0) is 19.3 Å². The number of carboxylic acids is 2. The maximum absolute atomic E-state index is 11.7. The second-order valence-electron chi connectivity index (χ2n) is 7.34. The molecule has 1 N–H and O–H groups in total. The molecule has 0 fully saturated rings. The molecular weight excluding hydrogens is 346 g/mol. The Morgan fingerprint density at radius 1 is 0.704 bits per heavy atom. The van der Waals surface area contributed by atoms with E-state index in [0.717, 1.165) is 12.8 Å². The van der Waals surface area contributed by atoms with E-state index in [1.54, 1.807) is 0 Å². The fourth-order valence-electron chi connectivity index (χ4n) is 3.08. The molecule has 0 saturated carbocycles. The van der Waals surface area contributed by atoms with Crippen LogP contribution in [0.3, 0.4) is 0 Å². The van der Waals surface area contributed by atoms with Gasteiger partial charge in [0, 0.05) is 12.4 Å². The molecule has 6 heteroatoms. The van der Waals surface area contributed by atoms with Crippen LogP contribution in [-0.2, 0) is 14.4 Å². The summed E-state index contributed by atoms with van der Waals surface area (Å²) < 4.78 is 0. The van der Waals surface area contributed by atoms with Crippen LogP contribution in [0.1, 0.15) is 110 Å². The molecule has 6 nitrogen and oxygen atoms in total. The molecule has 0 heterocycles. The lowest BCUT2D eigenvalue weighted by Gasteiger charge is -2.19. The zero-order valence-corrected chi connectivity index (χ0v) is 16.9. The lowest BCUT2D eigenvalue weighted by atomic mass is 10.0. The summed E-state index contributed by atoms with van der Waals surface area (Å²) in [4.78, 5) is 33.0. The van der Waals surface area contributed by atoms with Crippen LogP contribution in [0.25, 0.3) is 0 Å². The van der Waals surface area contributed by atoms with E-state index in [-0.39, 0.29) is 18.7 Å². The van der Waals surface area contributed by atoms with Crippen molar-refractivity contribution in [3.63, 3.8) is 0 Å². The summed E-state index contributed by atoms with van der Waals surface area (Å²) in [6.07, 6.45) is 15.4. The van der Waals surface area contributed by atoms with E-state index in [1.807, 2.05) is 0 Å². The Morgan fingerprint density at radius 2 is 1.15 bits per heavy atom. The molecule has 0 aliphatic carbocycles. The van der Waals surface area contributed by atoms with Gasteiger partial charge in [-0.15, -0.1) is 0 Å². The first kappa shape index (κ1) is 25.4. The fourth-order valence-corrected chi connectivity index (χ4v) is 3.08. The van der Waals surface area contributed by atoms with Gasteiger partial charge >= 0.3 is 0 Å². The van der Waals surface area contributed by atoms with E-state index >= 15 is 0 Å². The van der Waals surface area contributed by atoms with E-state index in [1.165, 1.54) is 64.2 Å². The summed E-state index contributed by atoms with van der Waals surface area (Å²) in [5.41, 5.74) is 0. The number of nitrogens with one attached hydrogen (secondary N) is 1. The topological polar surface area (TPSA) is 109 Å². The van der Waals surface area contributed by atoms with E-state index < -0.39 is 24.4 Å². The van der Waals surface area contributed by atoms with Gasteiger partial charge in [-0.2, -0.15) is 0 Å². The molecule has 0 radical (unpaired) electrons. The summed E-state index contributed by atoms with van der Waals surface area (Å²) in [5.74, 6) is -3.17. The third kappa shape index (κ3) is 17.6. The minimum absolute atomic E-state index is 0.213. The van der Waals surface area contributed by atoms with Crippen LogP contribution in [0.4, 0.5) is 0 Å². The minimum Gasteiger partial charge on any atom is -0.550 e. The molecule has 0 rings (SSSR count). The van der Waals surface area contributed by atoms with Crippen molar-refractivity contribution in [2.24, 2.45) is 0 Å². The van der Waals surface area contributed by atoms with Crippen LogP contribution >= 0.6 is 0 Å². The van der Waals surface area contributed by atoms with E-state index in [2.05, 4.69) is 12.2 Å². The molecule has 0 aromatic rings. The van der Waals surface area contributed by atoms with Crippen LogP contribution in [0.5, 0.6) is 0 Å². The van der Waals surface area contributed by atoms with Gasteiger partial charge in [0.25, 0.3) is 0 Å². The highest BCUT2D eigenvalue weighted by Crippen LogP contribution is 2.13. The summed E-state index contributed by atoms with van der Waals surface area (Å²) in [6.45, 7) is 2.23. The number of hydrogen-bond donors (Lipinski definition) is 1. The molecule has 158 valence electrons. The Hall–Kier alpha value is -1.59. The molecule has 0 saturated heterocycles. The normalized spacial score (nSPS) is 11.9. The summed E-state index contributed by atoms with van der Waals surface area (Å²) in [5, 5.41) is 23.6. The summed E-state index contributed by atoms with van der Waals surface area (Å²) in [6, 6.07) is -1.27. The lowest BCUT2D eigenvalue weighted by molar-refractivity contribution is -0.310. The second-order valence-corrected chi connectivity index (χ2v) is 7.34. The van der Waals surface area contributed by atoms with Gasteiger partial charge in [0.2, 0.25) is 5.91 Å². The maximum atomic E-state index is 11.7. The molecule has 0 aliphatic rings. The number of unbranched alkanes of at least 4 members (excludes halogenated alkanes) is 12. The summed E-state index contributed by atoms with van der Waals surface area (Å²) in [7, 11) is 0. The number of carbonyl (C=O) groups excluding carboxylic acids is 3.